The summed E-state index contributed by atoms with van der Waals surface area (Å²) in [7, 11) is 0. The Labute approximate surface area is 109 Å². The molecule has 0 aromatic carbocycles. The Bertz CT molecular complexity index is 123. The summed E-state index contributed by atoms with van der Waals surface area (Å²) in [5, 5.41) is 0. The second-order valence-electron chi connectivity index (χ2n) is 5.08. The van der Waals surface area contributed by atoms with E-state index in [-0.39, 0.29) is 0 Å². The zero-order valence-corrected chi connectivity index (χ0v) is 12.4. The van der Waals surface area contributed by atoms with Crippen LogP contribution in [0.2, 0.25) is 0 Å². The fourth-order valence-electron chi connectivity index (χ4n) is 2.36. The Kier molecular flexibility index (Phi) is 13.7. The quantitative estimate of drug-likeness (QED) is 0.322. The lowest BCUT2D eigenvalue weighted by Gasteiger charge is -2.16. The highest BCUT2D eigenvalue weighted by Crippen LogP contribution is 2.22. The molecule has 0 saturated heterocycles. The molecule has 16 heavy (non-hydrogen) atoms. The smallest absolute Gasteiger partial charge is 0.00978 e. The molecule has 0 bridgehead atoms. The Hall–Kier alpha value is 0.350. The summed E-state index contributed by atoms with van der Waals surface area (Å²) in [6, 6.07) is 0. The molecule has 0 aliphatic rings. The molecular formula is C15H32S. The Balaban J connectivity index is 3.54. The normalized spacial score (nSPS) is 12.9. The Morgan fingerprint density at radius 2 is 1.19 bits per heavy atom. The number of thiol groups is 1. The van der Waals surface area contributed by atoms with Gasteiger partial charge in [-0.05, 0) is 24.5 Å². The van der Waals surface area contributed by atoms with Crippen molar-refractivity contribution in [3.8, 4) is 0 Å². The van der Waals surface area contributed by atoms with Crippen LogP contribution in [0.15, 0.2) is 0 Å². The molecule has 0 spiro atoms. The molecule has 0 aliphatic carbocycles. The van der Waals surface area contributed by atoms with Crippen molar-refractivity contribution in [3.05, 3.63) is 0 Å². The summed E-state index contributed by atoms with van der Waals surface area (Å²) in [6.07, 6.45) is 15.6. The van der Waals surface area contributed by atoms with E-state index >= 15 is 0 Å². The van der Waals surface area contributed by atoms with Gasteiger partial charge in [0.2, 0.25) is 0 Å². The highest BCUT2D eigenvalue weighted by molar-refractivity contribution is 7.80. The number of unbranched alkanes of at least 4 members (excludes halogenated alkanes) is 5. The van der Waals surface area contributed by atoms with Crippen LogP contribution >= 0.6 is 12.6 Å². The van der Waals surface area contributed by atoms with Gasteiger partial charge >= 0.3 is 0 Å². The van der Waals surface area contributed by atoms with E-state index in [0.717, 1.165) is 11.7 Å². The van der Waals surface area contributed by atoms with E-state index < -0.39 is 0 Å². The van der Waals surface area contributed by atoms with Crippen LogP contribution in [0.1, 0.15) is 84.5 Å². The fraction of sp³-hybridized carbons (Fsp3) is 1.00. The monoisotopic (exact) mass is 244 g/mol. The van der Waals surface area contributed by atoms with E-state index in [1.54, 1.807) is 0 Å². The Morgan fingerprint density at radius 1 is 0.688 bits per heavy atom. The van der Waals surface area contributed by atoms with Gasteiger partial charge in [0, 0.05) is 0 Å². The maximum absolute atomic E-state index is 4.33. The predicted molar refractivity (Wildman–Crippen MR) is 79.5 cm³/mol. The summed E-state index contributed by atoms with van der Waals surface area (Å²) < 4.78 is 0. The van der Waals surface area contributed by atoms with Gasteiger partial charge in [-0.2, -0.15) is 12.6 Å². The van der Waals surface area contributed by atoms with Gasteiger partial charge in [0.05, 0.1) is 0 Å². The standard InChI is InChI=1S/C15H32S/c1-3-5-7-9-12-15(13-10-14-16)11-8-6-4-2/h15-16H,3-14H2,1-2H3. The van der Waals surface area contributed by atoms with Gasteiger partial charge in [-0.1, -0.05) is 71.6 Å². The summed E-state index contributed by atoms with van der Waals surface area (Å²) in [5.74, 6) is 2.06. The van der Waals surface area contributed by atoms with Gasteiger partial charge in [-0.15, -0.1) is 0 Å². The fourth-order valence-corrected chi connectivity index (χ4v) is 2.54. The van der Waals surface area contributed by atoms with Crippen molar-refractivity contribution in [2.24, 2.45) is 5.92 Å². The summed E-state index contributed by atoms with van der Waals surface area (Å²) in [4.78, 5) is 0. The largest absolute Gasteiger partial charge is 0.179 e. The molecule has 0 aromatic heterocycles. The highest BCUT2D eigenvalue weighted by atomic mass is 32.1. The second kappa shape index (κ2) is 13.4. The molecule has 0 nitrogen and oxygen atoms in total. The minimum atomic E-state index is 0.996. The van der Waals surface area contributed by atoms with Gasteiger partial charge in [0.25, 0.3) is 0 Å². The van der Waals surface area contributed by atoms with E-state index in [1.807, 2.05) is 0 Å². The van der Waals surface area contributed by atoms with E-state index in [2.05, 4.69) is 26.5 Å². The first-order chi connectivity index (χ1) is 7.85. The lowest BCUT2D eigenvalue weighted by molar-refractivity contribution is 0.382. The lowest BCUT2D eigenvalue weighted by atomic mass is 9.91. The van der Waals surface area contributed by atoms with Crippen LogP contribution in [0.5, 0.6) is 0 Å². The molecule has 0 fully saturated rings. The van der Waals surface area contributed by atoms with Crippen molar-refractivity contribution in [2.45, 2.75) is 84.5 Å². The van der Waals surface area contributed by atoms with Gasteiger partial charge < -0.3 is 0 Å². The topological polar surface area (TPSA) is 0 Å². The predicted octanol–water partition coefficient (Wildman–Crippen LogP) is 5.86. The van der Waals surface area contributed by atoms with Crippen LogP contribution in [0.3, 0.4) is 0 Å². The van der Waals surface area contributed by atoms with Crippen molar-refractivity contribution >= 4 is 12.6 Å². The van der Waals surface area contributed by atoms with E-state index in [1.165, 1.54) is 70.6 Å². The van der Waals surface area contributed by atoms with Crippen molar-refractivity contribution in [3.63, 3.8) is 0 Å². The molecule has 0 saturated carbocycles. The van der Waals surface area contributed by atoms with Crippen molar-refractivity contribution in [1.29, 1.82) is 0 Å². The van der Waals surface area contributed by atoms with Crippen LogP contribution in [0, 0.1) is 5.92 Å². The first kappa shape index (κ1) is 16.4. The van der Waals surface area contributed by atoms with Crippen molar-refractivity contribution < 1.29 is 0 Å². The lowest BCUT2D eigenvalue weighted by Crippen LogP contribution is -2.01. The second-order valence-corrected chi connectivity index (χ2v) is 5.52. The van der Waals surface area contributed by atoms with Crippen LogP contribution in [0.4, 0.5) is 0 Å². The molecule has 0 radical (unpaired) electrons. The van der Waals surface area contributed by atoms with Gasteiger partial charge in [0.1, 0.15) is 0 Å². The maximum atomic E-state index is 4.33. The minimum Gasteiger partial charge on any atom is -0.179 e. The van der Waals surface area contributed by atoms with Crippen molar-refractivity contribution in [2.75, 3.05) is 5.75 Å². The first-order valence-electron chi connectivity index (χ1n) is 7.46. The third kappa shape index (κ3) is 10.9. The SMILES string of the molecule is CCCCCCC(CCCS)CCCCC. The van der Waals surface area contributed by atoms with Crippen LogP contribution in [0.25, 0.3) is 0 Å². The Morgan fingerprint density at radius 3 is 1.75 bits per heavy atom. The van der Waals surface area contributed by atoms with Gasteiger partial charge in [-0.3, -0.25) is 0 Å². The molecular weight excluding hydrogens is 212 g/mol. The van der Waals surface area contributed by atoms with E-state index in [9.17, 15) is 0 Å². The van der Waals surface area contributed by atoms with Gasteiger partial charge in [0.15, 0.2) is 0 Å². The molecule has 0 rings (SSSR count). The molecule has 1 heteroatoms. The highest BCUT2D eigenvalue weighted by Gasteiger charge is 2.07. The molecule has 1 unspecified atom stereocenters. The van der Waals surface area contributed by atoms with Crippen LogP contribution < -0.4 is 0 Å². The average Bonchev–Trinajstić information content (AvgIpc) is 2.31. The number of hydrogen-bond donors (Lipinski definition) is 1. The zero-order chi connectivity index (χ0) is 12.1. The van der Waals surface area contributed by atoms with Crippen LogP contribution in [-0.4, -0.2) is 5.75 Å². The molecule has 0 N–H and O–H groups in total. The van der Waals surface area contributed by atoms with E-state index in [4.69, 9.17) is 0 Å². The molecule has 0 aliphatic heterocycles. The molecule has 0 amide bonds. The van der Waals surface area contributed by atoms with Crippen LogP contribution in [-0.2, 0) is 0 Å². The zero-order valence-electron chi connectivity index (χ0n) is 11.5. The molecule has 1 atom stereocenters. The van der Waals surface area contributed by atoms with Crippen molar-refractivity contribution in [1.82, 2.24) is 0 Å². The molecule has 0 aromatic rings. The number of rotatable bonds is 12. The molecule has 98 valence electrons. The molecule has 0 heterocycles. The third-order valence-electron chi connectivity index (χ3n) is 3.45. The summed E-state index contributed by atoms with van der Waals surface area (Å²) in [6.45, 7) is 4.59. The summed E-state index contributed by atoms with van der Waals surface area (Å²) in [5.41, 5.74) is 0. The first-order valence-corrected chi connectivity index (χ1v) is 8.09. The minimum absolute atomic E-state index is 0.996. The average molecular weight is 244 g/mol. The number of hydrogen-bond acceptors (Lipinski definition) is 1. The maximum Gasteiger partial charge on any atom is -0.00978 e. The third-order valence-corrected chi connectivity index (χ3v) is 3.77. The van der Waals surface area contributed by atoms with Gasteiger partial charge in [-0.25, -0.2) is 0 Å². The van der Waals surface area contributed by atoms with E-state index in [0.29, 0.717) is 0 Å². The summed E-state index contributed by atoms with van der Waals surface area (Å²) >= 11 is 4.33.